The summed E-state index contributed by atoms with van der Waals surface area (Å²) in [5.41, 5.74) is -0.291. The van der Waals surface area contributed by atoms with E-state index in [1.165, 1.54) is 6.42 Å². The van der Waals surface area contributed by atoms with Crippen molar-refractivity contribution in [3.8, 4) is 0 Å². The topological polar surface area (TPSA) is 18.5 Å². The third-order valence-electron chi connectivity index (χ3n) is 3.75. The Morgan fingerprint density at radius 1 is 1.10 bits per heavy atom. The fraction of sp³-hybridized carbons (Fsp3) is 0.625. The second-order valence-corrected chi connectivity index (χ2v) is 5.46. The van der Waals surface area contributed by atoms with E-state index < -0.39 is 30.2 Å². The van der Waals surface area contributed by atoms with Crippen LogP contribution in [0.25, 0.3) is 0 Å². The lowest BCUT2D eigenvalue weighted by Gasteiger charge is -2.29. The predicted octanol–water partition coefficient (Wildman–Crippen LogP) is 4.68. The highest BCUT2D eigenvalue weighted by Crippen LogP contribution is 2.29. The minimum Gasteiger partial charge on any atom is -0.348 e. The Balaban J connectivity index is 1.93. The van der Waals surface area contributed by atoms with Gasteiger partial charge in [-0.2, -0.15) is 0 Å². The monoisotopic (exact) mass is 302 g/mol. The van der Waals surface area contributed by atoms with E-state index in [-0.39, 0.29) is 5.56 Å². The molecule has 1 fully saturated rings. The number of hydrogen-bond donors (Lipinski definition) is 0. The van der Waals surface area contributed by atoms with Gasteiger partial charge in [0.15, 0.2) is 6.29 Å². The van der Waals surface area contributed by atoms with Crippen molar-refractivity contribution in [3.05, 3.63) is 34.9 Å². The summed E-state index contributed by atoms with van der Waals surface area (Å²) in [5.74, 6) is -1.47. The maximum absolute atomic E-state index is 13.6. The summed E-state index contributed by atoms with van der Waals surface area (Å²) in [4.78, 5) is 0. The van der Waals surface area contributed by atoms with Gasteiger partial charge in [0, 0.05) is 11.5 Å². The van der Waals surface area contributed by atoms with Crippen molar-refractivity contribution in [3.63, 3.8) is 0 Å². The molecule has 0 saturated carbocycles. The summed E-state index contributed by atoms with van der Waals surface area (Å²) in [6.07, 6.45) is 3.74. The van der Waals surface area contributed by atoms with Crippen LogP contribution in [-0.2, 0) is 16.1 Å². The molecule has 0 N–H and O–H groups in total. The molecule has 0 spiro atoms. The molecule has 1 saturated heterocycles. The first kappa shape index (κ1) is 16.3. The molecule has 1 aromatic carbocycles. The van der Waals surface area contributed by atoms with Crippen molar-refractivity contribution in [1.29, 1.82) is 0 Å². The maximum atomic E-state index is 13.6. The Bertz CT molecular complexity index is 434. The largest absolute Gasteiger partial charge is 0.348 e. The van der Waals surface area contributed by atoms with Crippen LogP contribution in [0.2, 0.25) is 0 Å². The van der Waals surface area contributed by atoms with Gasteiger partial charge in [0.05, 0.1) is 18.8 Å². The van der Waals surface area contributed by atoms with Crippen LogP contribution in [-0.4, -0.2) is 13.2 Å². The molecule has 1 aliphatic heterocycles. The number of benzene rings is 1. The normalized spacial score (nSPS) is 22.5. The lowest BCUT2D eigenvalue weighted by atomic mass is 10.0. The minimum absolute atomic E-state index is 0.259. The van der Waals surface area contributed by atoms with Crippen LogP contribution in [0, 0.1) is 17.6 Å². The molecule has 1 heterocycles. The number of alkyl halides is 1. The second kappa shape index (κ2) is 7.80. The van der Waals surface area contributed by atoms with E-state index >= 15 is 0 Å². The first-order valence-electron chi connectivity index (χ1n) is 7.42. The average molecular weight is 302 g/mol. The van der Waals surface area contributed by atoms with Crippen LogP contribution in [0.1, 0.15) is 50.0 Å². The lowest BCUT2D eigenvalue weighted by molar-refractivity contribution is -0.206. The zero-order valence-electron chi connectivity index (χ0n) is 12.2. The first-order valence-corrected chi connectivity index (χ1v) is 7.42. The van der Waals surface area contributed by atoms with Gasteiger partial charge >= 0.3 is 0 Å². The van der Waals surface area contributed by atoms with Gasteiger partial charge in [-0.15, -0.1) is 0 Å². The van der Waals surface area contributed by atoms with Gasteiger partial charge in [0.25, 0.3) is 0 Å². The number of hydrogen-bond acceptors (Lipinski definition) is 2. The Labute approximate surface area is 123 Å². The van der Waals surface area contributed by atoms with Crippen LogP contribution >= 0.6 is 0 Å². The molecule has 0 aliphatic carbocycles. The van der Waals surface area contributed by atoms with Crippen molar-refractivity contribution >= 4 is 0 Å². The van der Waals surface area contributed by atoms with Gasteiger partial charge in [0.2, 0.25) is 0 Å². The number of unbranched alkanes of at least 4 members (excludes halogenated alkanes) is 2. The zero-order chi connectivity index (χ0) is 15.2. The molecule has 118 valence electrons. The smallest absolute Gasteiger partial charge is 0.184 e. The molecule has 0 atom stereocenters. The maximum Gasteiger partial charge on any atom is 0.184 e. The highest BCUT2D eigenvalue weighted by molar-refractivity contribution is 5.26. The summed E-state index contributed by atoms with van der Waals surface area (Å²) in [6, 6.07) is 2.17. The molecule has 0 radical (unpaired) electrons. The molecule has 0 amide bonds. The molecule has 0 aromatic heterocycles. The third-order valence-corrected chi connectivity index (χ3v) is 3.75. The number of rotatable bonds is 6. The molecule has 2 nitrogen and oxygen atoms in total. The van der Waals surface area contributed by atoms with E-state index in [2.05, 4.69) is 6.92 Å². The SMILES string of the molecule is CCCCCC1COC(c2cc(F)c(CF)c(F)c2)OC1. The van der Waals surface area contributed by atoms with Crippen LogP contribution in [0.15, 0.2) is 12.1 Å². The highest BCUT2D eigenvalue weighted by atomic mass is 19.1. The van der Waals surface area contributed by atoms with Crippen molar-refractivity contribution in [2.45, 2.75) is 45.6 Å². The van der Waals surface area contributed by atoms with Gasteiger partial charge in [-0.1, -0.05) is 26.2 Å². The summed E-state index contributed by atoms with van der Waals surface area (Å²) in [5, 5.41) is 0. The number of halogens is 3. The number of ether oxygens (including phenoxy) is 2. The molecule has 5 heteroatoms. The van der Waals surface area contributed by atoms with Crippen molar-refractivity contribution in [1.82, 2.24) is 0 Å². The van der Waals surface area contributed by atoms with Crippen LogP contribution in [0.5, 0.6) is 0 Å². The quantitative estimate of drug-likeness (QED) is 0.711. The molecular weight excluding hydrogens is 281 g/mol. The zero-order valence-corrected chi connectivity index (χ0v) is 12.2. The summed E-state index contributed by atoms with van der Waals surface area (Å²) < 4.78 is 50.7. The Hall–Kier alpha value is -1.07. The van der Waals surface area contributed by atoms with Gasteiger partial charge < -0.3 is 9.47 Å². The second-order valence-electron chi connectivity index (χ2n) is 5.46. The third kappa shape index (κ3) is 4.20. The molecule has 2 rings (SSSR count). The van der Waals surface area contributed by atoms with Crippen molar-refractivity contribution in [2.75, 3.05) is 13.2 Å². The first-order chi connectivity index (χ1) is 10.2. The minimum atomic E-state index is -1.16. The fourth-order valence-corrected chi connectivity index (χ4v) is 2.47. The molecule has 0 bridgehead atoms. The lowest BCUT2D eigenvalue weighted by Crippen LogP contribution is -2.27. The van der Waals surface area contributed by atoms with E-state index in [4.69, 9.17) is 9.47 Å². The van der Waals surface area contributed by atoms with Gasteiger partial charge in [0.1, 0.15) is 18.3 Å². The Morgan fingerprint density at radius 2 is 1.71 bits per heavy atom. The fourth-order valence-electron chi connectivity index (χ4n) is 2.47. The van der Waals surface area contributed by atoms with Crippen LogP contribution < -0.4 is 0 Å². The summed E-state index contributed by atoms with van der Waals surface area (Å²) in [7, 11) is 0. The van der Waals surface area contributed by atoms with E-state index in [1.807, 2.05) is 0 Å². The van der Waals surface area contributed by atoms with Crippen LogP contribution in [0.4, 0.5) is 13.2 Å². The molecule has 0 unspecified atom stereocenters. The summed E-state index contributed by atoms with van der Waals surface area (Å²) >= 11 is 0. The van der Waals surface area contributed by atoms with Crippen LogP contribution in [0.3, 0.4) is 0 Å². The molecule has 21 heavy (non-hydrogen) atoms. The Kier molecular flexibility index (Phi) is 6.06. The van der Waals surface area contributed by atoms with Crippen molar-refractivity contribution in [2.24, 2.45) is 5.92 Å². The Morgan fingerprint density at radius 3 is 2.24 bits per heavy atom. The standard InChI is InChI=1S/C16H21F3O2/c1-2-3-4-5-11-9-20-16(21-10-11)12-6-14(18)13(8-17)15(19)7-12/h6-7,11,16H,2-5,8-10H2,1H3. The molecule has 1 aromatic rings. The average Bonchev–Trinajstić information content (AvgIpc) is 2.48. The molecular formula is C16H21F3O2. The van der Waals surface area contributed by atoms with Crippen molar-refractivity contribution < 1.29 is 22.6 Å². The van der Waals surface area contributed by atoms with E-state index in [0.717, 1.165) is 31.4 Å². The van der Waals surface area contributed by atoms with Gasteiger partial charge in [-0.05, 0) is 18.6 Å². The molecule has 1 aliphatic rings. The van der Waals surface area contributed by atoms with Gasteiger partial charge in [-0.25, -0.2) is 13.2 Å². The highest BCUT2D eigenvalue weighted by Gasteiger charge is 2.25. The van der Waals surface area contributed by atoms with Gasteiger partial charge in [-0.3, -0.25) is 0 Å². The van der Waals surface area contributed by atoms with E-state index in [9.17, 15) is 13.2 Å². The summed E-state index contributed by atoms with van der Waals surface area (Å²) in [6.45, 7) is 2.02. The van der Waals surface area contributed by atoms with E-state index in [1.54, 1.807) is 0 Å². The predicted molar refractivity (Wildman–Crippen MR) is 73.4 cm³/mol. The van der Waals surface area contributed by atoms with E-state index in [0.29, 0.717) is 19.1 Å².